The summed E-state index contributed by atoms with van der Waals surface area (Å²) >= 11 is 0. The first-order chi connectivity index (χ1) is 11.6. The van der Waals surface area contributed by atoms with Gasteiger partial charge in [0.2, 0.25) is 5.91 Å². The quantitative estimate of drug-likeness (QED) is 0.785. The van der Waals surface area contributed by atoms with E-state index in [9.17, 15) is 4.79 Å². The molecule has 1 aromatic carbocycles. The second-order valence-corrected chi connectivity index (χ2v) is 6.51. The molecular weight excluding hydrogens is 302 g/mol. The predicted molar refractivity (Wildman–Crippen MR) is 91.3 cm³/mol. The van der Waals surface area contributed by atoms with E-state index in [4.69, 9.17) is 0 Å². The van der Waals surface area contributed by atoms with Gasteiger partial charge in [-0.05, 0) is 31.9 Å². The van der Waals surface area contributed by atoms with Crippen molar-refractivity contribution in [3.63, 3.8) is 0 Å². The van der Waals surface area contributed by atoms with E-state index in [0.29, 0.717) is 12.6 Å². The molecule has 4 rings (SSSR count). The zero-order valence-corrected chi connectivity index (χ0v) is 13.9. The van der Waals surface area contributed by atoms with Crippen LogP contribution in [0.1, 0.15) is 37.3 Å². The van der Waals surface area contributed by atoms with Gasteiger partial charge < -0.3 is 14.5 Å². The van der Waals surface area contributed by atoms with Crippen molar-refractivity contribution in [1.29, 1.82) is 0 Å². The van der Waals surface area contributed by atoms with Crippen LogP contribution in [0, 0.1) is 0 Å². The number of carbonyl (C=O) groups is 1. The molecule has 24 heavy (non-hydrogen) atoms. The highest BCUT2D eigenvalue weighted by Gasteiger charge is 2.36. The highest BCUT2D eigenvalue weighted by atomic mass is 16.2. The van der Waals surface area contributed by atoms with Gasteiger partial charge in [-0.15, -0.1) is 0 Å². The molecule has 2 aromatic heterocycles. The monoisotopic (exact) mass is 323 g/mol. The van der Waals surface area contributed by atoms with Gasteiger partial charge >= 0.3 is 0 Å². The van der Waals surface area contributed by atoms with Crippen LogP contribution < -0.4 is 0 Å². The molecule has 124 valence electrons. The number of aromatic nitrogens is 4. The number of benzene rings is 1. The number of para-hydroxylation sites is 2. The minimum Gasteiger partial charge on any atom is -0.341 e. The second-order valence-electron chi connectivity index (χ2n) is 6.51. The average molecular weight is 323 g/mol. The number of aryl methyl sites for hydroxylation is 1. The smallest absolute Gasteiger partial charge is 0.233 e. The Kier molecular flexibility index (Phi) is 3.59. The largest absolute Gasteiger partial charge is 0.341 e. The third kappa shape index (κ3) is 2.68. The van der Waals surface area contributed by atoms with Crippen molar-refractivity contribution in [2.24, 2.45) is 7.05 Å². The fourth-order valence-corrected chi connectivity index (χ4v) is 3.02. The van der Waals surface area contributed by atoms with Gasteiger partial charge in [0.1, 0.15) is 11.6 Å². The molecule has 0 spiro atoms. The van der Waals surface area contributed by atoms with Crippen LogP contribution in [0.2, 0.25) is 0 Å². The number of rotatable bonds is 5. The number of nitrogens with one attached hydrogen (secondary N) is 1. The molecule has 0 bridgehead atoms. The molecule has 1 N–H and O–H groups in total. The van der Waals surface area contributed by atoms with Crippen molar-refractivity contribution >= 4 is 16.9 Å². The number of imidazole rings is 2. The van der Waals surface area contributed by atoms with Crippen LogP contribution in [0.3, 0.4) is 0 Å². The molecule has 6 nitrogen and oxygen atoms in total. The Balaban J connectivity index is 1.58. The summed E-state index contributed by atoms with van der Waals surface area (Å²) < 4.78 is 1.97. The number of amides is 1. The van der Waals surface area contributed by atoms with E-state index >= 15 is 0 Å². The summed E-state index contributed by atoms with van der Waals surface area (Å²) in [7, 11) is 1.96. The summed E-state index contributed by atoms with van der Waals surface area (Å²) in [5, 5.41) is 0. The zero-order chi connectivity index (χ0) is 16.7. The molecule has 1 unspecified atom stereocenters. The Hall–Kier alpha value is -2.63. The molecule has 0 radical (unpaired) electrons. The molecule has 2 heterocycles. The van der Waals surface area contributed by atoms with Gasteiger partial charge in [0.25, 0.3) is 0 Å². The first-order valence-corrected chi connectivity index (χ1v) is 8.35. The highest BCUT2D eigenvalue weighted by Crippen LogP contribution is 2.31. The van der Waals surface area contributed by atoms with Gasteiger partial charge in [-0.2, -0.15) is 0 Å². The minimum atomic E-state index is -0.293. The standard InChI is InChI=1S/C18H21N5O/c1-12(17-20-14-5-3-4-6-15(14)21-17)18(24)23(13-7-8-13)11-16-19-9-10-22(16)2/h3-6,9-10,12-13H,7-8,11H2,1-2H3,(H,20,21). The maximum Gasteiger partial charge on any atom is 0.233 e. The molecule has 1 aliphatic rings. The molecular formula is C18H21N5O. The van der Waals surface area contributed by atoms with Crippen molar-refractivity contribution in [2.45, 2.75) is 38.3 Å². The average Bonchev–Trinajstić information content (AvgIpc) is 3.20. The summed E-state index contributed by atoms with van der Waals surface area (Å²) in [5.74, 6) is 1.46. The Bertz CT molecular complexity index is 843. The lowest BCUT2D eigenvalue weighted by molar-refractivity contribution is -0.134. The lowest BCUT2D eigenvalue weighted by Crippen LogP contribution is -2.36. The van der Waals surface area contributed by atoms with Gasteiger partial charge in [0, 0.05) is 25.5 Å². The molecule has 1 amide bonds. The molecule has 1 saturated carbocycles. The SMILES string of the molecule is CC(C(=O)N(Cc1nccn1C)C1CC1)c1nc2ccccc2[nH]1. The number of fused-ring (bicyclic) bond motifs is 1. The maximum absolute atomic E-state index is 13.1. The van der Waals surface area contributed by atoms with Crippen LogP contribution >= 0.6 is 0 Å². The van der Waals surface area contributed by atoms with E-state index < -0.39 is 0 Å². The molecule has 0 saturated heterocycles. The van der Waals surface area contributed by atoms with Gasteiger partial charge in [-0.3, -0.25) is 4.79 Å². The third-order valence-electron chi connectivity index (χ3n) is 4.69. The van der Waals surface area contributed by atoms with Crippen LogP contribution in [-0.2, 0) is 18.4 Å². The Labute approximate surface area is 140 Å². The number of hydrogen-bond acceptors (Lipinski definition) is 3. The van der Waals surface area contributed by atoms with Crippen molar-refractivity contribution in [1.82, 2.24) is 24.4 Å². The lowest BCUT2D eigenvalue weighted by atomic mass is 10.1. The van der Waals surface area contributed by atoms with Gasteiger partial charge in [-0.1, -0.05) is 12.1 Å². The number of carbonyl (C=O) groups excluding carboxylic acids is 1. The fraction of sp³-hybridized carbons (Fsp3) is 0.389. The van der Waals surface area contributed by atoms with Gasteiger partial charge in [0.05, 0.1) is 23.5 Å². The predicted octanol–water partition coefficient (Wildman–Crippen LogP) is 2.59. The van der Waals surface area contributed by atoms with E-state index in [1.54, 1.807) is 6.20 Å². The fourth-order valence-electron chi connectivity index (χ4n) is 3.02. The zero-order valence-electron chi connectivity index (χ0n) is 13.9. The van der Waals surface area contributed by atoms with Crippen LogP contribution in [0.5, 0.6) is 0 Å². The minimum absolute atomic E-state index is 0.111. The Morgan fingerprint density at radius 1 is 1.42 bits per heavy atom. The van der Waals surface area contributed by atoms with Gasteiger partial charge in [0.15, 0.2) is 0 Å². The highest BCUT2D eigenvalue weighted by molar-refractivity contribution is 5.84. The van der Waals surface area contributed by atoms with Gasteiger partial charge in [-0.25, -0.2) is 9.97 Å². The van der Waals surface area contributed by atoms with Crippen molar-refractivity contribution in [3.8, 4) is 0 Å². The van der Waals surface area contributed by atoms with E-state index in [1.165, 1.54) is 0 Å². The molecule has 1 aliphatic carbocycles. The van der Waals surface area contributed by atoms with Crippen LogP contribution in [0.15, 0.2) is 36.7 Å². The summed E-state index contributed by atoms with van der Waals surface area (Å²) in [5.41, 5.74) is 1.86. The molecule has 3 aromatic rings. The molecule has 1 atom stereocenters. The summed E-state index contributed by atoms with van der Waals surface area (Å²) in [6, 6.07) is 8.20. The normalized spacial score (nSPS) is 15.6. The second kappa shape index (κ2) is 5.78. The number of nitrogens with zero attached hydrogens (tertiary/aromatic N) is 4. The maximum atomic E-state index is 13.1. The number of H-pyrrole nitrogens is 1. The summed E-state index contributed by atoms with van der Waals surface area (Å²) in [6.07, 6.45) is 5.83. The molecule has 6 heteroatoms. The Morgan fingerprint density at radius 3 is 2.88 bits per heavy atom. The summed E-state index contributed by atoms with van der Waals surface area (Å²) in [4.78, 5) is 27.3. The first-order valence-electron chi connectivity index (χ1n) is 8.35. The van der Waals surface area contributed by atoms with E-state index in [0.717, 1.165) is 35.5 Å². The van der Waals surface area contributed by atoms with Crippen molar-refractivity contribution in [3.05, 3.63) is 48.3 Å². The van der Waals surface area contributed by atoms with Crippen LogP contribution in [0.4, 0.5) is 0 Å². The molecule has 1 fully saturated rings. The van der Waals surface area contributed by atoms with Crippen LogP contribution in [-0.4, -0.2) is 36.4 Å². The summed E-state index contributed by atoms with van der Waals surface area (Å²) in [6.45, 7) is 2.48. The first kappa shape index (κ1) is 14.9. The lowest BCUT2D eigenvalue weighted by Gasteiger charge is -2.24. The van der Waals surface area contributed by atoms with Crippen LogP contribution in [0.25, 0.3) is 11.0 Å². The van der Waals surface area contributed by atoms with Crippen molar-refractivity contribution in [2.75, 3.05) is 0 Å². The number of hydrogen-bond donors (Lipinski definition) is 1. The Morgan fingerprint density at radius 2 is 2.21 bits per heavy atom. The van der Waals surface area contributed by atoms with E-state index in [1.807, 2.05) is 53.9 Å². The number of aromatic amines is 1. The third-order valence-corrected chi connectivity index (χ3v) is 4.69. The van der Waals surface area contributed by atoms with E-state index in [-0.39, 0.29) is 11.8 Å². The topological polar surface area (TPSA) is 66.8 Å². The molecule has 0 aliphatic heterocycles. The van der Waals surface area contributed by atoms with Crippen molar-refractivity contribution < 1.29 is 4.79 Å². The van der Waals surface area contributed by atoms with E-state index in [2.05, 4.69) is 15.0 Å².